The predicted molar refractivity (Wildman–Crippen MR) is 79.6 cm³/mol. The number of aryl methyl sites for hydroxylation is 1. The van der Waals surface area contributed by atoms with Crippen LogP contribution < -0.4 is 5.32 Å². The Morgan fingerprint density at radius 1 is 1.32 bits per heavy atom. The second-order valence-electron chi connectivity index (χ2n) is 5.44. The normalized spacial score (nSPS) is 11.5. The Hall–Kier alpha value is -0.870. The van der Waals surface area contributed by atoms with Gasteiger partial charge in [-0.1, -0.05) is 20.8 Å². The molecule has 0 unspecified atom stereocenters. The number of hydrogen-bond acceptors (Lipinski definition) is 3. The van der Waals surface area contributed by atoms with E-state index in [2.05, 4.69) is 49.7 Å². The molecular weight excluding hydrogens is 238 g/mol. The van der Waals surface area contributed by atoms with Gasteiger partial charge in [0, 0.05) is 12.3 Å². The maximum absolute atomic E-state index is 5.63. The van der Waals surface area contributed by atoms with Gasteiger partial charge in [0.2, 0.25) is 0 Å². The van der Waals surface area contributed by atoms with Crippen LogP contribution in [0.25, 0.3) is 0 Å². The van der Waals surface area contributed by atoms with Crippen molar-refractivity contribution in [1.82, 2.24) is 15.1 Å². The SMILES string of the molecule is CCNCCc1c(C)nn(CCOCC(C)C)c1C. The molecule has 110 valence electrons. The minimum atomic E-state index is 0.594. The van der Waals surface area contributed by atoms with E-state index in [1.165, 1.54) is 11.3 Å². The van der Waals surface area contributed by atoms with Gasteiger partial charge in [0.05, 0.1) is 18.8 Å². The molecule has 1 N–H and O–H groups in total. The molecule has 0 aliphatic heterocycles. The van der Waals surface area contributed by atoms with Gasteiger partial charge in [-0.25, -0.2) is 0 Å². The van der Waals surface area contributed by atoms with E-state index in [4.69, 9.17) is 4.74 Å². The third-order valence-corrected chi connectivity index (χ3v) is 3.23. The standard InChI is InChI=1S/C15H29N3O/c1-6-16-8-7-15-13(4)17-18(14(15)5)9-10-19-11-12(2)3/h12,16H,6-11H2,1-5H3. The summed E-state index contributed by atoms with van der Waals surface area (Å²) in [5.74, 6) is 0.594. The molecule has 1 rings (SSSR count). The first kappa shape index (κ1) is 16.2. The van der Waals surface area contributed by atoms with E-state index in [9.17, 15) is 0 Å². The molecule has 0 aliphatic rings. The van der Waals surface area contributed by atoms with E-state index in [1.807, 2.05) is 0 Å². The van der Waals surface area contributed by atoms with Crippen LogP contribution in [0, 0.1) is 19.8 Å². The molecule has 0 aromatic carbocycles. The van der Waals surface area contributed by atoms with Crippen molar-refractivity contribution < 1.29 is 4.74 Å². The molecule has 0 amide bonds. The molecular formula is C15H29N3O. The summed E-state index contributed by atoms with van der Waals surface area (Å²) in [5.41, 5.74) is 3.81. The van der Waals surface area contributed by atoms with Crippen molar-refractivity contribution in [2.24, 2.45) is 5.92 Å². The van der Waals surface area contributed by atoms with Crippen molar-refractivity contribution in [3.8, 4) is 0 Å². The van der Waals surface area contributed by atoms with Gasteiger partial charge in [-0.15, -0.1) is 0 Å². The molecule has 0 saturated heterocycles. The lowest BCUT2D eigenvalue weighted by Gasteiger charge is -2.08. The van der Waals surface area contributed by atoms with Crippen LogP contribution >= 0.6 is 0 Å². The largest absolute Gasteiger partial charge is 0.379 e. The third kappa shape index (κ3) is 5.33. The fourth-order valence-corrected chi connectivity index (χ4v) is 2.17. The highest BCUT2D eigenvalue weighted by Gasteiger charge is 2.10. The van der Waals surface area contributed by atoms with Gasteiger partial charge < -0.3 is 10.1 Å². The Labute approximate surface area is 117 Å². The van der Waals surface area contributed by atoms with E-state index in [0.717, 1.165) is 45.0 Å². The van der Waals surface area contributed by atoms with Crippen LogP contribution in [0.3, 0.4) is 0 Å². The van der Waals surface area contributed by atoms with Gasteiger partial charge in [0.25, 0.3) is 0 Å². The highest BCUT2D eigenvalue weighted by atomic mass is 16.5. The molecule has 1 aromatic rings. The van der Waals surface area contributed by atoms with Gasteiger partial charge in [-0.2, -0.15) is 5.10 Å². The van der Waals surface area contributed by atoms with Crippen molar-refractivity contribution in [2.45, 2.75) is 47.6 Å². The average Bonchev–Trinajstić information content (AvgIpc) is 2.62. The van der Waals surface area contributed by atoms with Crippen LogP contribution in [0.1, 0.15) is 37.7 Å². The van der Waals surface area contributed by atoms with Crippen molar-refractivity contribution in [3.05, 3.63) is 17.0 Å². The molecule has 4 heteroatoms. The molecule has 0 aliphatic carbocycles. The second-order valence-corrected chi connectivity index (χ2v) is 5.44. The summed E-state index contributed by atoms with van der Waals surface area (Å²) in [5, 5.41) is 7.98. The summed E-state index contributed by atoms with van der Waals surface area (Å²) < 4.78 is 7.71. The van der Waals surface area contributed by atoms with Crippen molar-refractivity contribution in [1.29, 1.82) is 0 Å². The van der Waals surface area contributed by atoms with E-state index < -0.39 is 0 Å². The summed E-state index contributed by atoms with van der Waals surface area (Å²) in [4.78, 5) is 0. The maximum Gasteiger partial charge on any atom is 0.0662 e. The second kappa shape index (κ2) is 8.33. The molecule has 0 fully saturated rings. The molecule has 4 nitrogen and oxygen atoms in total. The zero-order valence-electron chi connectivity index (χ0n) is 13.1. The summed E-state index contributed by atoms with van der Waals surface area (Å²) in [6, 6.07) is 0. The number of aromatic nitrogens is 2. The van der Waals surface area contributed by atoms with Crippen LogP contribution in [0.5, 0.6) is 0 Å². The topological polar surface area (TPSA) is 39.1 Å². The lowest BCUT2D eigenvalue weighted by Crippen LogP contribution is -2.17. The fraction of sp³-hybridized carbons (Fsp3) is 0.800. The molecule has 0 radical (unpaired) electrons. The molecule has 0 saturated carbocycles. The highest BCUT2D eigenvalue weighted by Crippen LogP contribution is 2.13. The first-order chi connectivity index (χ1) is 9.06. The van der Waals surface area contributed by atoms with E-state index in [-0.39, 0.29) is 0 Å². The Bertz CT molecular complexity index is 372. The summed E-state index contributed by atoms with van der Waals surface area (Å²) in [7, 11) is 0. The third-order valence-electron chi connectivity index (χ3n) is 3.23. The van der Waals surface area contributed by atoms with E-state index in [0.29, 0.717) is 5.92 Å². The number of nitrogens with zero attached hydrogens (tertiary/aromatic N) is 2. The summed E-state index contributed by atoms with van der Waals surface area (Å²) >= 11 is 0. The van der Waals surface area contributed by atoms with Crippen molar-refractivity contribution >= 4 is 0 Å². The van der Waals surface area contributed by atoms with Crippen molar-refractivity contribution in [2.75, 3.05) is 26.3 Å². The predicted octanol–water partition coefficient (Wildman–Crippen LogP) is 2.32. The minimum absolute atomic E-state index is 0.594. The van der Waals surface area contributed by atoms with Gasteiger partial charge in [0.1, 0.15) is 0 Å². The van der Waals surface area contributed by atoms with E-state index >= 15 is 0 Å². The Morgan fingerprint density at radius 3 is 2.68 bits per heavy atom. The minimum Gasteiger partial charge on any atom is -0.379 e. The van der Waals surface area contributed by atoms with Crippen LogP contribution in [0.4, 0.5) is 0 Å². The summed E-state index contributed by atoms with van der Waals surface area (Å²) in [6.45, 7) is 15.2. The van der Waals surface area contributed by atoms with Crippen LogP contribution in [0.15, 0.2) is 0 Å². The first-order valence-corrected chi connectivity index (χ1v) is 7.37. The van der Waals surface area contributed by atoms with Crippen LogP contribution in [-0.4, -0.2) is 36.1 Å². The zero-order chi connectivity index (χ0) is 14.3. The zero-order valence-corrected chi connectivity index (χ0v) is 13.1. The fourth-order valence-electron chi connectivity index (χ4n) is 2.17. The number of ether oxygens (including phenoxy) is 1. The molecule has 0 spiro atoms. The lowest BCUT2D eigenvalue weighted by molar-refractivity contribution is 0.100. The number of hydrogen-bond donors (Lipinski definition) is 1. The highest BCUT2D eigenvalue weighted by molar-refractivity contribution is 5.24. The summed E-state index contributed by atoms with van der Waals surface area (Å²) in [6.07, 6.45) is 1.05. The van der Waals surface area contributed by atoms with E-state index in [1.54, 1.807) is 0 Å². The monoisotopic (exact) mass is 267 g/mol. The molecule has 1 heterocycles. The van der Waals surface area contributed by atoms with Gasteiger partial charge in [0.15, 0.2) is 0 Å². The number of rotatable bonds is 9. The maximum atomic E-state index is 5.63. The first-order valence-electron chi connectivity index (χ1n) is 7.37. The lowest BCUT2D eigenvalue weighted by atomic mass is 10.1. The molecule has 0 atom stereocenters. The quantitative estimate of drug-likeness (QED) is 0.698. The smallest absolute Gasteiger partial charge is 0.0662 e. The molecule has 0 bridgehead atoms. The number of likely N-dealkylation sites (N-methyl/N-ethyl adjacent to an activating group) is 1. The van der Waals surface area contributed by atoms with Crippen molar-refractivity contribution in [3.63, 3.8) is 0 Å². The Kier molecular flexibility index (Phi) is 7.10. The van der Waals surface area contributed by atoms with Crippen LogP contribution in [0.2, 0.25) is 0 Å². The molecule has 1 aromatic heterocycles. The Balaban J connectivity index is 2.48. The Morgan fingerprint density at radius 2 is 2.05 bits per heavy atom. The molecule has 19 heavy (non-hydrogen) atoms. The average molecular weight is 267 g/mol. The van der Waals surface area contributed by atoms with Gasteiger partial charge in [-0.05, 0) is 44.8 Å². The van der Waals surface area contributed by atoms with Gasteiger partial charge in [-0.3, -0.25) is 4.68 Å². The number of nitrogens with one attached hydrogen (secondary N) is 1. The van der Waals surface area contributed by atoms with Crippen LogP contribution in [-0.2, 0) is 17.7 Å². The van der Waals surface area contributed by atoms with Gasteiger partial charge >= 0.3 is 0 Å².